The molecule has 2 atom stereocenters. The van der Waals surface area contributed by atoms with E-state index in [1.54, 1.807) is 4.90 Å². The summed E-state index contributed by atoms with van der Waals surface area (Å²) in [6.45, 7) is 5.02. The fourth-order valence-corrected chi connectivity index (χ4v) is 7.57. The van der Waals surface area contributed by atoms with Gasteiger partial charge in [-0.15, -0.1) is 0 Å². The summed E-state index contributed by atoms with van der Waals surface area (Å²) in [5.41, 5.74) is 2.26. The Hall–Kier alpha value is -2.37. The van der Waals surface area contributed by atoms with E-state index in [1.807, 2.05) is 18.2 Å². The Bertz CT molecular complexity index is 922. The zero-order valence-corrected chi connectivity index (χ0v) is 20.6. The average molecular weight is 467 g/mol. The van der Waals surface area contributed by atoms with Crippen molar-refractivity contribution in [2.75, 3.05) is 24.6 Å². The molecule has 4 saturated carbocycles. The van der Waals surface area contributed by atoms with Crippen LogP contribution in [0.3, 0.4) is 0 Å². The minimum atomic E-state index is -0.534. The first-order valence-corrected chi connectivity index (χ1v) is 13.2. The summed E-state index contributed by atoms with van der Waals surface area (Å²) >= 11 is 0. The van der Waals surface area contributed by atoms with Crippen LogP contribution in [-0.4, -0.2) is 37.5 Å². The molecule has 6 rings (SSSR count). The molecule has 34 heavy (non-hydrogen) atoms. The molecule has 4 aliphatic carbocycles. The second-order valence-electron chi connectivity index (χ2n) is 11.6. The summed E-state index contributed by atoms with van der Waals surface area (Å²) in [5, 5.41) is 3.06. The summed E-state index contributed by atoms with van der Waals surface area (Å²) in [6, 6.07) is 7.91. The average Bonchev–Trinajstić information content (AvgIpc) is 3.21. The normalized spacial score (nSPS) is 32.6. The first-order chi connectivity index (χ1) is 16.4. The lowest BCUT2D eigenvalue weighted by atomic mass is 9.49. The Kier molecular flexibility index (Phi) is 6.43. The fraction of sp³-hybridized carbons (Fsp3) is 0.679. The van der Waals surface area contributed by atoms with E-state index >= 15 is 0 Å². The van der Waals surface area contributed by atoms with Crippen molar-refractivity contribution in [3.05, 3.63) is 29.8 Å². The van der Waals surface area contributed by atoms with Crippen molar-refractivity contribution in [2.45, 2.75) is 71.1 Å². The van der Waals surface area contributed by atoms with Crippen molar-refractivity contribution in [2.24, 2.45) is 29.1 Å². The number of hydrogen-bond donors (Lipinski definition) is 1. The maximum Gasteiger partial charge on any atom is 0.311 e. The number of amides is 2. The molecule has 6 nitrogen and oxygen atoms in total. The lowest BCUT2D eigenvalue weighted by Crippen LogP contribution is -2.51. The minimum Gasteiger partial charge on any atom is -0.455 e. The topological polar surface area (TPSA) is 75.7 Å². The van der Waals surface area contributed by atoms with Crippen LogP contribution in [0.15, 0.2) is 24.3 Å². The van der Waals surface area contributed by atoms with Crippen molar-refractivity contribution >= 4 is 23.5 Å². The van der Waals surface area contributed by atoms with Gasteiger partial charge in [-0.25, -0.2) is 0 Å². The molecule has 1 aromatic carbocycles. The highest BCUT2D eigenvalue weighted by molar-refractivity contribution is 6.00. The molecule has 5 aliphatic rings. The maximum absolute atomic E-state index is 12.7. The second kappa shape index (κ2) is 9.35. The van der Waals surface area contributed by atoms with Crippen LogP contribution in [0.1, 0.15) is 76.7 Å². The van der Waals surface area contributed by atoms with Gasteiger partial charge in [0, 0.05) is 25.2 Å². The molecular weight excluding hydrogens is 428 g/mol. The SMILES string of the molecule is CCC(C)c1ccccc1N1CC(C(=O)OCC(=O)NCC23CC4CC(CC(C4)C2)C3)CC1=O. The number of carbonyl (C=O) groups excluding carboxylic acids is 3. The summed E-state index contributed by atoms with van der Waals surface area (Å²) in [4.78, 5) is 39.6. The highest BCUT2D eigenvalue weighted by Gasteiger charge is 2.50. The van der Waals surface area contributed by atoms with E-state index in [9.17, 15) is 14.4 Å². The number of esters is 1. The van der Waals surface area contributed by atoms with Gasteiger partial charge in [0.05, 0.1) is 5.92 Å². The molecule has 0 aromatic heterocycles. The lowest BCUT2D eigenvalue weighted by Gasteiger charge is -2.56. The number of para-hydroxylation sites is 1. The minimum absolute atomic E-state index is 0.0658. The highest BCUT2D eigenvalue weighted by atomic mass is 16.5. The number of hydrogen-bond acceptors (Lipinski definition) is 4. The van der Waals surface area contributed by atoms with Crippen LogP contribution in [0.2, 0.25) is 0 Å². The number of nitrogens with zero attached hydrogens (tertiary/aromatic N) is 1. The molecule has 1 aromatic rings. The zero-order chi connectivity index (χ0) is 23.9. The Morgan fingerprint density at radius 2 is 1.76 bits per heavy atom. The van der Waals surface area contributed by atoms with E-state index in [4.69, 9.17) is 4.74 Å². The number of nitrogens with one attached hydrogen (secondary N) is 1. The summed E-state index contributed by atoms with van der Waals surface area (Å²) in [6.07, 6.45) is 8.94. The van der Waals surface area contributed by atoms with Gasteiger partial charge in [-0.3, -0.25) is 14.4 Å². The van der Waals surface area contributed by atoms with E-state index in [0.29, 0.717) is 19.0 Å². The molecule has 1 aliphatic heterocycles. The van der Waals surface area contributed by atoms with Crippen LogP contribution in [0.25, 0.3) is 0 Å². The second-order valence-corrected chi connectivity index (χ2v) is 11.6. The number of anilines is 1. The van der Waals surface area contributed by atoms with E-state index < -0.39 is 11.9 Å². The first-order valence-electron chi connectivity index (χ1n) is 13.2. The largest absolute Gasteiger partial charge is 0.455 e. The summed E-state index contributed by atoms with van der Waals surface area (Å²) in [7, 11) is 0. The van der Waals surface area contributed by atoms with Crippen LogP contribution in [0.4, 0.5) is 5.69 Å². The van der Waals surface area contributed by atoms with Gasteiger partial charge in [0.25, 0.3) is 5.91 Å². The molecule has 0 spiro atoms. The molecule has 1 saturated heterocycles. The summed E-state index contributed by atoms with van der Waals surface area (Å²) < 4.78 is 5.36. The van der Waals surface area contributed by atoms with Crippen molar-refractivity contribution in [1.29, 1.82) is 0 Å². The van der Waals surface area contributed by atoms with Crippen molar-refractivity contribution in [3.8, 4) is 0 Å². The predicted molar refractivity (Wildman–Crippen MR) is 130 cm³/mol. The third-order valence-electron chi connectivity index (χ3n) is 9.00. The Morgan fingerprint density at radius 3 is 2.41 bits per heavy atom. The third-order valence-corrected chi connectivity index (χ3v) is 9.00. The van der Waals surface area contributed by atoms with Crippen molar-refractivity contribution in [3.63, 3.8) is 0 Å². The molecule has 0 radical (unpaired) electrons. The first kappa shape index (κ1) is 23.4. The van der Waals surface area contributed by atoms with E-state index in [-0.39, 0.29) is 30.3 Å². The van der Waals surface area contributed by atoms with Gasteiger partial charge in [0.15, 0.2) is 6.61 Å². The number of ether oxygens (including phenoxy) is 1. The molecule has 2 unspecified atom stereocenters. The smallest absolute Gasteiger partial charge is 0.311 e. The predicted octanol–water partition coefficient (Wildman–Crippen LogP) is 4.43. The molecule has 1 N–H and O–H groups in total. The third kappa shape index (κ3) is 4.60. The van der Waals surface area contributed by atoms with Gasteiger partial charge in [-0.1, -0.05) is 32.0 Å². The molecular formula is C28H38N2O4. The highest BCUT2D eigenvalue weighted by Crippen LogP contribution is 2.59. The summed E-state index contributed by atoms with van der Waals surface area (Å²) in [5.74, 6) is 1.57. The van der Waals surface area contributed by atoms with Gasteiger partial charge in [0.2, 0.25) is 5.91 Å². The van der Waals surface area contributed by atoms with Crippen LogP contribution in [0, 0.1) is 29.1 Å². The van der Waals surface area contributed by atoms with Gasteiger partial charge in [0.1, 0.15) is 0 Å². The van der Waals surface area contributed by atoms with Crippen LogP contribution in [-0.2, 0) is 19.1 Å². The molecule has 5 fully saturated rings. The van der Waals surface area contributed by atoms with Crippen molar-refractivity contribution in [1.82, 2.24) is 5.32 Å². The van der Waals surface area contributed by atoms with Gasteiger partial charge < -0.3 is 15.0 Å². The Morgan fingerprint density at radius 1 is 1.12 bits per heavy atom. The van der Waals surface area contributed by atoms with Gasteiger partial charge in [-0.05, 0) is 85.7 Å². The van der Waals surface area contributed by atoms with Crippen LogP contribution in [0.5, 0.6) is 0 Å². The quantitative estimate of drug-likeness (QED) is 0.575. The standard InChI is InChI=1S/C28H38N2O4/c1-3-18(2)23-6-4-5-7-24(23)30-15-22(11-26(30)32)27(33)34-16-25(31)29-17-28-12-19-8-20(13-28)10-21(9-19)14-28/h4-7,18-22H,3,8-17H2,1-2H3,(H,29,31). The molecule has 4 bridgehead atoms. The molecule has 1 heterocycles. The van der Waals surface area contributed by atoms with Crippen LogP contribution < -0.4 is 10.2 Å². The molecule has 6 heteroatoms. The van der Waals surface area contributed by atoms with Gasteiger partial charge in [-0.2, -0.15) is 0 Å². The number of rotatable bonds is 8. The Balaban J connectivity index is 1.12. The van der Waals surface area contributed by atoms with Gasteiger partial charge >= 0.3 is 5.97 Å². The van der Waals surface area contributed by atoms with Crippen LogP contribution >= 0.6 is 0 Å². The van der Waals surface area contributed by atoms with E-state index in [2.05, 4.69) is 25.2 Å². The van der Waals surface area contributed by atoms with E-state index in [1.165, 1.54) is 38.5 Å². The monoisotopic (exact) mass is 466 g/mol. The van der Waals surface area contributed by atoms with E-state index in [0.717, 1.165) is 35.4 Å². The number of carbonyl (C=O) groups is 3. The lowest BCUT2D eigenvalue weighted by molar-refractivity contribution is -0.152. The number of benzene rings is 1. The molecule has 2 amide bonds. The fourth-order valence-electron chi connectivity index (χ4n) is 7.57. The Labute approximate surface area is 202 Å². The zero-order valence-electron chi connectivity index (χ0n) is 20.6. The van der Waals surface area contributed by atoms with Crippen molar-refractivity contribution < 1.29 is 19.1 Å². The molecule has 184 valence electrons. The maximum atomic E-state index is 12.7.